The van der Waals surface area contributed by atoms with E-state index in [1.54, 1.807) is 0 Å². The summed E-state index contributed by atoms with van der Waals surface area (Å²) >= 11 is 0. The molecule has 25 heavy (non-hydrogen) atoms. The highest BCUT2D eigenvalue weighted by atomic mass is 19.2. The topological polar surface area (TPSA) is 71.1 Å². The Bertz CT molecular complexity index is 801. The lowest BCUT2D eigenvalue weighted by Crippen LogP contribution is -2.23. The minimum Gasteiger partial charge on any atom is -0.319 e. The van der Waals surface area contributed by atoms with Crippen LogP contribution < -0.4 is 10.6 Å². The van der Waals surface area contributed by atoms with Gasteiger partial charge in [0.15, 0.2) is 11.6 Å². The highest BCUT2D eigenvalue weighted by molar-refractivity contribution is 6.09. The molecule has 0 spiro atoms. The molecule has 1 heterocycles. The van der Waals surface area contributed by atoms with Crippen molar-refractivity contribution in [2.75, 3.05) is 10.6 Å². The smallest absolute Gasteiger partial charge is 0.259 e. The number of pyridine rings is 1. The summed E-state index contributed by atoms with van der Waals surface area (Å²) in [6, 6.07) is 6.42. The molecule has 5 nitrogen and oxygen atoms in total. The molecule has 1 aromatic heterocycles. The second-order valence-corrected chi connectivity index (χ2v) is 6.74. The molecule has 0 atom stereocenters. The van der Waals surface area contributed by atoms with Gasteiger partial charge in [0.05, 0.1) is 11.3 Å². The van der Waals surface area contributed by atoms with Crippen LogP contribution in [0.5, 0.6) is 0 Å². The summed E-state index contributed by atoms with van der Waals surface area (Å²) in [5.74, 6) is -3.16. The molecule has 0 saturated carbocycles. The van der Waals surface area contributed by atoms with Crippen LogP contribution in [0.2, 0.25) is 0 Å². The molecule has 2 aromatic rings. The van der Waals surface area contributed by atoms with Gasteiger partial charge in [-0.25, -0.2) is 13.8 Å². The van der Waals surface area contributed by atoms with E-state index in [2.05, 4.69) is 15.6 Å². The number of aromatic nitrogens is 1. The van der Waals surface area contributed by atoms with Gasteiger partial charge in [0, 0.05) is 12.6 Å². The van der Waals surface area contributed by atoms with Crippen molar-refractivity contribution in [3.8, 4) is 0 Å². The molecule has 2 amide bonds. The summed E-state index contributed by atoms with van der Waals surface area (Å²) in [5.41, 5.74) is -0.472. The Morgan fingerprint density at radius 1 is 1.08 bits per heavy atom. The molecule has 0 saturated heterocycles. The van der Waals surface area contributed by atoms with E-state index in [0.29, 0.717) is 0 Å². The van der Waals surface area contributed by atoms with Crippen LogP contribution in [0.1, 0.15) is 37.6 Å². The van der Waals surface area contributed by atoms with Gasteiger partial charge in [-0.1, -0.05) is 26.8 Å². The minimum absolute atomic E-state index is 0.0495. The number of halogens is 2. The number of nitrogens with one attached hydrogen (secondary N) is 2. The largest absolute Gasteiger partial charge is 0.319 e. The van der Waals surface area contributed by atoms with E-state index in [9.17, 15) is 18.4 Å². The van der Waals surface area contributed by atoms with E-state index in [1.165, 1.54) is 30.5 Å². The second-order valence-electron chi connectivity index (χ2n) is 6.74. The third kappa shape index (κ3) is 5.07. The maximum Gasteiger partial charge on any atom is 0.259 e. The van der Waals surface area contributed by atoms with Crippen LogP contribution in [0.4, 0.5) is 20.3 Å². The number of hydrogen-bond donors (Lipinski definition) is 2. The van der Waals surface area contributed by atoms with Crippen LogP contribution in [0.3, 0.4) is 0 Å². The molecule has 0 aliphatic heterocycles. The Morgan fingerprint density at radius 3 is 2.48 bits per heavy atom. The fourth-order valence-electron chi connectivity index (χ4n) is 2.14. The van der Waals surface area contributed by atoms with Gasteiger partial charge in [0.2, 0.25) is 5.91 Å². The van der Waals surface area contributed by atoms with E-state index in [4.69, 9.17) is 0 Å². The third-order valence-electron chi connectivity index (χ3n) is 3.20. The predicted octanol–water partition coefficient (Wildman–Crippen LogP) is 3.99. The van der Waals surface area contributed by atoms with Crippen LogP contribution in [0, 0.1) is 17.0 Å². The van der Waals surface area contributed by atoms with E-state index >= 15 is 0 Å². The first kappa shape index (κ1) is 18.5. The van der Waals surface area contributed by atoms with Crippen molar-refractivity contribution >= 4 is 23.3 Å². The number of amides is 2. The third-order valence-corrected chi connectivity index (χ3v) is 3.20. The molecule has 0 fully saturated rings. The summed E-state index contributed by atoms with van der Waals surface area (Å²) in [6.07, 6.45) is 1.66. The zero-order valence-electron chi connectivity index (χ0n) is 14.2. The highest BCUT2D eigenvalue weighted by Gasteiger charge is 2.20. The number of rotatable bonds is 4. The van der Waals surface area contributed by atoms with Crippen molar-refractivity contribution in [1.29, 1.82) is 0 Å². The standard InChI is InChI=1S/C18H19F2N3O2/c1-18(2,3)10-14(24)23-16-11(6-5-9-21-16)17(25)22-13-8-4-7-12(19)15(13)20/h4-9H,10H2,1-3H3,(H,22,25)(H,21,23,24). The Morgan fingerprint density at radius 2 is 1.80 bits per heavy atom. The van der Waals surface area contributed by atoms with Gasteiger partial charge in [-0.3, -0.25) is 9.59 Å². The SMILES string of the molecule is CC(C)(C)CC(=O)Nc1ncccc1C(=O)Nc1cccc(F)c1F. The van der Waals surface area contributed by atoms with Crippen LogP contribution in [-0.2, 0) is 4.79 Å². The van der Waals surface area contributed by atoms with Gasteiger partial charge in [-0.05, 0) is 29.7 Å². The number of benzene rings is 1. The van der Waals surface area contributed by atoms with Gasteiger partial charge in [-0.15, -0.1) is 0 Å². The average Bonchev–Trinajstić information content (AvgIpc) is 2.50. The summed E-state index contributed by atoms with van der Waals surface area (Å²) in [5, 5.41) is 4.87. The first-order chi connectivity index (χ1) is 11.7. The molecule has 7 heteroatoms. The lowest BCUT2D eigenvalue weighted by molar-refractivity contribution is -0.117. The Balaban J connectivity index is 2.20. The van der Waals surface area contributed by atoms with Crippen LogP contribution in [0.15, 0.2) is 36.5 Å². The van der Waals surface area contributed by atoms with E-state index in [1.807, 2.05) is 20.8 Å². The van der Waals surface area contributed by atoms with Gasteiger partial charge >= 0.3 is 0 Å². The van der Waals surface area contributed by atoms with Crippen LogP contribution in [-0.4, -0.2) is 16.8 Å². The summed E-state index contributed by atoms with van der Waals surface area (Å²) in [4.78, 5) is 28.4. The fraction of sp³-hybridized carbons (Fsp3) is 0.278. The van der Waals surface area contributed by atoms with Crippen molar-refractivity contribution in [3.05, 3.63) is 53.7 Å². The monoisotopic (exact) mass is 347 g/mol. The minimum atomic E-state index is -1.15. The molecule has 2 rings (SSSR count). The van der Waals surface area contributed by atoms with Crippen LogP contribution >= 0.6 is 0 Å². The Labute approximate surface area is 144 Å². The van der Waals surface area contributed by atoms with Gasteiger partial charge in [-0.2, -0.15) is 0 Å². The van der Waals surface area contributed by atoms with Gasteiger partial charge < -0.3 is 10.6 Å². The molecule has 0 bridgehead atoms. The van der Waals surface area contributed by atoms with Gasteiger partial charge in [0.25, 0.3) is 5.91 Å². The molecule has 0 aliphatic carbocycles. The van der Waals surface area contributed by atoms with Crippen molar-refractivity contribution in [2.24, 2.45) is 5.41 Å². The number of hydrogen-bond acceptors (Lipinski definition) is 3. The first-order valence-corrected chi connectivity index (χ1v) is 7.67. The molecule has 0 radical (unpaired) electrons. The van der Waals surface area contributed by atoms with Crippen LogP contribution in [0.25, 0.3) is 0 Å². The lowest BCUT2D eigenvalue weighted by atomic mass is 9.92. The molecular weight excluding hydrogens is 328 g/mol. The van der Waals surface area contributed by atoms with Gasteiger partial charge in [0.1, 0.15) is 5.82 Å². The van der Waals surface area contributed by atoms with Crippen molar-refractivity contribution in [1.82, 2.24) is 4.98 Å². The van der Waals surface area contributed by atoms with Crippen molar-refractivity contribution in [3.63, 3.8) is 0 Å². The Kier molecular flexibility index (Phi) is 5.46. The summed E-state index contributed by atoms with van der Waals surface area (Å²) < 4.78 is 26.9. The number of carbonyl (C=O) groups is 2. The van der Waals surface area contributed by atoms with E-state index < -0.39 is 17.5 Å². The lowest BCUT2D eigenvalue weighted by Gasteiger charge is -2.17. The Hall–Kier alpha value is -2.83. The van der Waals surface area contributed by atoms with Crippen molar-refractivity contribution in [2.45, 2.75) is 27.2 Å². The average molecular weight is 347 g/mol. The zero-order chi connectivity index (χ0) is 18.6. The molecule has 0 unspecified atom stereocenters. The fourth-order valence-corrected chi connectivity index (χ4v) is 2.14. The quantitative estimate of drug-likeness (QED) is 0.878. The highest BCUT2D eigenvalue weighted by Crippen LogP contribution is 2.22. The predicted molar refractivity (Wildman–Crippen MR) is 91.2 cm³/mol. The normalized spacial score (nSPS) is 11.1. The maximum absolute atomic E-state index is 13.7. The number of carbonyl (C=O) groups excluding carboxylic acids is 2. The zero-order valence-corrected chi connectivity index (χ0v) is 14.2. The van der Waals surface area contributed by atoms with E-state index in [0.717, 1.165) is 6.07 Å². The molecule has 132 valence electrons. The maximum atomic E-state index is 13.7. The molecule has 1 aromatic carbocycles. The summed E-state index contributed by atoms with van der Waals surface area (Å²) in [7, 11) is 0. The summed E-state index contributed by atoms with van der Waals surface area (Å²) in [6.45, 7) is 5.72. The molecule has 2 N–H and O–H groups in total. The van der Waals surface area contributed by atoms with E-state index in [-0.39, 0.29) is 34.8 Å². The number of nitrogens with zero attached hydrogens (tertiary/aromatic N) is 1. The second kappa shape index (κ2) is 7.38. The molecular formula is C18H19F2N3O2. The number of anilines is 2. The molecule has 0 aliphatic rings. The van der Waals surface area contributed by atoms with Crippen molar-refractivity contribution < 1.29 is 18.4 Å². The first-order valence-electron chi connectivity index (χ1n) is 7.67.